The molecule has 23 heavy (non-hydrogen) atoms. The van der Waals surface area contributed by atoms with Crippen molar-refractivity contribution < 1.29 is 18.7 Å². The van der Waals surface area contributed by atoms with Crippen LogP contribution in [-0.2, 0) is 9.53 Å². The summed E-state index contributed by atoms with van der Waals surface area (Å²) in [4.78, 5) is 24.1. The molecule has 0 aliphatic carbocycles. The molecule has 2 amide bonds. The van der Waals surface area contributed by atoms with E-state index in [1.54, 1.807) is 30.8 Å². The van der Waals surface area contributed by atoms with Crippen LogP contribution in [0, 0.1) is 5.82 Å². The van der Waals surface area contributed by atoms with Gasteiger partial charge in [-0.2, -0.15) is 11.8 Å². The lowest BCUT2D eigenvalue weighted by Gasteiger charge is -2.28. The SMILES string of the molecule is CCSCCOC(=O)C1=C(C)NC(=O)N[C@H]1c1ccc(F)cc1. The average Bonchev–Trinajstić information content (AvgIpc) is 2.51. The summed E-state index contributed by atoms with van der Waals surface area (Å²) < 4.78 is 18.4. The number of ether oxygens (including phenoxy) is 1. The molecule has 0 spiro atoms. The molecule has 0 unspecified atom stereocenters. The molecule has 7 heteroatoms. The van der Waals surface area contributed by atoms with Crippen LogP contribution in [0.3, 0.4) is 0 Å². The Hall–Kier alpha value is -2.02. The largest absolute Gasteiger partial charge is 0.461 e. The predicted molar refractivity (Wildman–Crippen MR) is 87.5 cm³/mol. The summed E-state index contributed by atoms with van der Waals surface area (Å²) in [5.74, 6) is 0.807. The van der Waals surface area contributed by atoms with Crippen LogP contribution in [0.1, 0.15) is 25.5 Å². The second kappa shape index (κ2) is 8.01. The first-order valence-corrected chi connectivity index (χ1v) is 8.47. The molecule has 1 aromatic carbocycles. The Bertz CT molecular complexity index is 616. The van der Waals surface area contributed by atoms with E-state index in [1.165, 1.54) is 12.1 Å². The van der Waals surface area contributed by atoms with Crippen molar-refractivity contribution in [1.29, 1.82) is 0 Å². The van der Waals surface area contributed by atoms with E-state index in [-0.39, 0.29) is 5.82 Å². The molecule has 1 aliphatic rings. The molecule has 2 N–H and O–H groups in total. The third-order valence-electron chi connectivity index (χ3n) is 3.36. The molecule has 0 saturated carbocycles. The Morgan fingerprint density at radius 2 is 2.04 bits per heavy atom. The van der Waals surface area contributed by atoms with Crippen molar-refractivity contribution in [2.75, 3.05) is 18.1 Å². The number of halogens is 1. The molecular formula is C16H19FN2O3S. The van der Waals surface area contributed by atoms with E-state index in [9.17, 15) is 14.0 Å². The van der Waals surface area contributed by atoms with Gasteiger partial charge >= 0.3 is 12.0 Å². The van der Waals surface area contributed by atoms with E-state index >= 15 is 0 Å². The van der Waals surface area contributed by atoms with Gasteiger partial charge in [-0.3, -0.25) is 0 Å². The van der Waals surface area contributed by atoms with Crippen LogP contribution < -0.4 is 10.6 Å². The third kappa shape index (κ3) is 4.48. The monoisotopic (exact) mass is 338 g/mol. The number of hydrogen-bond donors (Lipinski definition) is 2. The summed E-state index contributed by atoms with van der Waals surface area (Å²) >= 11 is 1.68. The van der Waals surface area contributed by atoms with Gasteiger partial charge in [-0.05, 0) is 30.4 Å². The van der Waals surface area contributed by atoms with Crippen LogP contribution in [0.5, 0.6) is 0 Å². The number of carbonyl (C=O) groups excluding carboxylic acids is 2. The highest BCUT2D eigenvalue weighted by Gasteiger charge is 2.32. The number of thioether (sulfide) groups is 1. The van der Waals surface area contributed by atoms with Crippen molar-refractivity contribution in [3.63, 3.8) is 0 Å². The zero-order valence-electron chi connectivity index (χ0n) is 13.0. The third-order valence-corrected chi connectivity index (χ3v) is 4.22. The molecule has 0 radical (unpaired) electrons. The number of benzene rings is 1. The van der Waals surface area contributed by atoms with Crippen molar-refractivity contribution in [3.05, 3.63) is 46.9 Å². The van der Waals surface area contributed by atoms with E-state index in [0.29, 0.717) is 23.4 Å². The lowest BCUT2D eigenvalue weighted by atomic mass is 9.95. The number of hydrogen-bond acceptors (Lipinski definition) is 4. The first kappa shape index (κ1) is 17.3. The maximum Gasteiger partial charge on any atom is 0.338 e. The fraction of sp³-hybridized carbons (Fsp3) is 0.375. The number of carbonyl (C=O) groups is 2. The summed E-state index contributed by atoms with van der Waals surface area (Å²) in [5, 5.41) is 5.25. The molecule has 1 heterocycles. The molecule has 0 fully saturated rings. The number of esters is 1. The molecule has 2 rings (SSSR count). The van der Waals surface area contributed by atoms with E-state index < -0.39 is 18.0 Å². The second-order valence-electron chi connectivity index (χ2n) is 4.95. The highest BCUT2D eigenvalue weighted by molar-refractivity contribution is 7.99. The Labute approximate surface area is 138 Å². The highest BCUT2D eigenvalue weighted by Crippen LogP contribution is 2.27. The number of nitrogens with one attached hydrogen (secondary N) is 2. The topological polar surface area (TPSA) is 67.4 Å². The Morgan fingerprint density at radius 1 is 1.35 bits per heavy atom. The first-order valence-electron chi connectivity index (χ1n) is 7.31. The summed E-state index contributed by atoms with van der Waals surface area (Å²) in [5.41, 5.74) is 1.39. The first-order chi connectivity index (χ1) is 11.0. The molecule has 1 aliphatic heterocycles. The number of urea groups is 1. The fourth-order valence-electron chi connectivity index (χ4n) is 2.29. The lowest BCUT2D eigenvalue weighted by molar-refractivity contribution is -0.138. The van der Waals surface area contributed by atoms with Crippen molar-refractivity contribution in [3.8, 4) is 0 Å². The Morgan fingerprint density at radius 3 is 2.70 bits per heavy atom. The molecule has 1 atom stereocenters. The minimum absolute atomic E-state index is 0.304. The maximum atomic E-state index is 13.1. The van der Waals surface area contributed by atoms with Crippen LogP contribution in [-0.4, -0.2) is 30.1 Å². The van der Waals surface area contributed by atoms with Gasteiger partial charge in [0.2, 0.25) is 0 Å². The summed E-state index contributed by atoms with van der Waals surface area (Å²) in [6, 6.07) is 4.60. The zero-order chi connectivity index (χ0) is 16.8. The van der Waals surface area contributed by atoms with Crippen molar-refractivity contribution in [1.82, 2.24) is 10.6 Å². The van der Waals surface area contributed by atoms with Crippen molar-refractivity contribution >= 4 is 23.8 Å². The molecule has 0 saturated heterocycles. The smallest absolute Gasteiger partial charge is 0.338 e. The van der Waals surface area contributed by atoms with Gasteiger partial charge in [-0.1, -0.05) is 19.1 Å². The van der Waals surface area contributed by atoms with Crippen molar-refractivity contribution in [2.45, 2.75) is 19.9 Å². The van der Waals surface area contributed by atoms with Gasteiger partial charge in [-0.25, -0.2) is 14.0 Å². The van der Waals surface area contributed by atoms with E-state index in [1.807, 2.05) is 6.92 Å². The summed E-state index contributed by atoms with van der Waals surface area (Å²) in [6.45, 7) is 3.98. The van der Waals surface area contributed by atoms with Crippen LogP contribution in [0.25, 0.3) is 0 Å². The molecule has 0 bridgehead atoms. The van der Waals surface area contributed by atoms with Crippen molar-refractivity contribution in [2.24, 2.45) is 0 Å². The van der Waals surface area contributed by atoms with Gasteiger partial charge < -0.3 is 15.4 Å². The van der Waals surface area contributed by atoms with E-state index in [4.69, 9.17) is 4.74 Å². The average molecular weight is 338 g/mol. The molecule has 0 aromatic heterocycles. The van der Waals surface area contributed by atoms with Crippen LogP contribution >= 0.6 is 11.8 Å². The van der Waals surface area contributed by atoms with E-state index in [0.717, 1.165) is 11.5 Å². The Balaban J connectivity index is 2.20. The quantitative estimate of drug-likeness (QED) is 0.618. The standard InChI is InChI=1S/C16H19FN2O3S/c1-3-23-9-8-22-15(20)13-10(2)18-16(21)19-14(13)11-4-6-12(17)7-5-11/h4-7,14H,3,8-9H2,1-2H3,(H2,18,19,21)/t14-/m0/s1. The highest BCUT2D eigenvalue weighted by atomic mass is 32.2. The minimum Gasteiger partial charge on any atom is -0.461 e. The van der Waals surface area contributed by atoms with Gasteiger partial charge in [0.25, 0.3) is 0 Å². The second-order valence-corrected chi connectivity index (χ2v) is 6.35. The predicted octanol–water partition coefficient (Wildman–Crippen LogP) is 2.75. The van der Waals surface area contributed by atoms with Crippen LogP contribution in [0.4, 0.5) is 9.18 Å². The molecular weight excluding hydrogens is 319 g/mol. The van der Waals surface area contributed by atoms with Crippen LogP contribution in [0.2, 0.25) is 0 Å². The van der Waals surface area contributed by atoms with Crippen LogP contribution in [0.15, 0.2) is 35.5 Å². The number of allylic oxidation sites excluding steroid dienone is 1. The van der Waals surface area contributed by atoms with Gasteiger partial charge in [-0.15, -0.1) is 0 Å². The van der Waals surface area contributed by atoms with Gasteiger partial charge in [0, 0.05) is 11.4 Å². The molecule has 1 aromatic rings. The zero-order valence-corrected chi connectivity index (χ0v) is 13.8. The lowest BCUT2D eigenvalue weighted by Crippen LogP contribution is -2.45. The van der Waals surface area contributed by atoms with E-state index in [2.05, 4.69) is 10.6 Å². The fourth-order valence-corrected chi connectivity index (χ4v) is 2.77. The molecule has 5 nitrogen and oxygen atoms in total. The number of amides is 2. The minimum atomic E-state index is -0.657. The van der Waals surface area contributed by atoms with Gasteiger partial charge in [0.1, 0.15) is 12.4 Å². The summed E-state index contributed by atoms with van der Waals surface area (Å²) in [6.07, 6.45) is 0. The maximum absolute atomic E-state index is 13.1. The number of rotatable bonds is 6. The Kier molecular flexibility index (Phi) is 6.04. The van der Waals surface area contributed by atoms with Gasteiger partial charge in [0.05, 0.1) is 11.6 Å². The normalized spacial score (nSPS) is 17.5. The van der Waals surface area contributed by atoms with Gasteiger partial charge in [0.15, 0.2) is 0 Å². The summed E-state index contributed by atoms with van der Waals surface area (Å²) in [7, 11) is 0. The molecule has 124 valence electrons.